The third-order valence-electron chi connectivity index (χ3n) is 7.19. The van der Waals surface area contributed by atoms with E-state index in [4.69, 9.17) is 0 Å². The van der Waals surface area contributed by atoms with Gasteiger partial charge in [0.15, 0.2) is 0 Å². The molecule has 0 unspecified atom stereocenters. The first-order valence-corrected chi connectivity index (χ1v) is 11.2. The van der Waals surface area contributed by atoms with Crippen molar-refractivity contribution in [2.24, 2.45) is 7.05 Å². The molecule has 2 aliphatic heterocycles. The van der Waals surface area contributed by atoms with Crippen LogP contribution in [0.3, 0.4) is 0 Å². The highest BCUT2D eigenvalue weighted by Gasteiger charge is 2.33. The van der Waals surface area contributed by atoms with Gasteiger partial charge in [0.05, 0.1) is 5.69 Å². The SMILES string of the molecule is Cc1nn(C)c(C)c1CCC(=O)N1Cc2ccccc2NCC[C@@H]2CC[C@H](C1)N2C. The Hall–Kier alpha value is -2.34. The van der Waals surface area contributed by atoms with Crippen LogP contribution in [0.1, 0.15) is 48.2 Å². The molecule has 162 valence electrons. The van der Waals surface area contributed by atoms with E-state index in [-0.39, 0.29) is 5.91 Å². The first-order chi connectivity index (χ1) is 14.4. The largest absolute Gasteiger partial charge is 0.385 e. The van der Waals surface area contributed by atoms with Crippen molar-refractivity contribution in [1.82, 2.24) is 19.6 Å². The molecule has 4 rings (SSSR count). The van der Waals surface area contributed by atoms with E-state index in [1.54, 1.807) is 0 Å². The summed E-state index contributed by atoms with van der Waals surface area (Å²) in [5.74, 6) is 0.239. The highest BCUT2D eigenvalue weighted by atomic mass is 16.2. The van der Waals surface area contributed by atoms with E-state index in [1.165, 1.54) is 24.0 Å². The molecule has 6 nitrogen and oxygen atoms in total. The van der Waals surface area contributed by atoms with Crippen LogP contribution in [-0.4, -0.2) is 57.7 Å². The van der Waals surface area contributed by atoms with Crippen molar-refractivity contribution in [2.45, 2.75) is 64.6 Å². The molecule has 0 aliphatic carbocycles. The number of nitrogens with one attached hydrogen (secondary N) is 1. The first-order valence-electron chi connectivity index (χ1n) is 11.2. The topological polar surface area (TPSA) is 53.4 Å². The minimum absolute atomic E-state index is 0.239. The van der Waals surface area contributed by atoms with Gasteiger partial charge in [0.25, 0.3) is 0 Å². The summed E-state index contributed by atoms with van der Waals surface area (Å²) in [6, 6.07) is 9.49. The van der Waals surface area contributed by atoms with Crippen LogP contribution in [0.25, 0.3) is 0 Å². The first kappa shape index (κ1) is 20.9. The van der Waals surface area contributed by atoms with Gasteiger partial charge in [-0.25, -0.2) is 0 Å². The number of rotatable bonds is 3. The van der Waals surface area contributed by atoms with E-state index in [9.17, 15) is 4.79 Å². The lowest BCUT2D eigenvalue weighted by atomic mass is 10.1. The van der Waals surface area contributed by atoms with Crippen molar-refractivity contribution in [3.63, 3.8) is 0 Å². The van der Waals surface area contributed by atoms with E-state index in [2.05, 4.69) is 58.5 Å². The zero-order chi connectivity index (χ0) is 21.3. The summed E-state index contributed by atoms with van der Waals surface area (Å²) in [7, 11) is 4.20. The van der Waals surface area contributed by atoms with Crippen LogP contribution in [0.4, 0.5) is 5.69 Å². The third-order valence-corrected chi connectivity index (χ3v) is 7.19. The Labute approximate surface area is 180 Å². The average molecular weight is 410 g/mol. The lowest BCUT2D eigenvalue weighted by molar-refractivity contribution is -0.132. The Kier molecular flexibility index (Phi) is 6.14. The van der Waals surface area contributed by atoms with Crippen LogP contribution in [0, 0.1) is 13.8 Å². The fourth-order valence-electron chi connectivity index (χ4n) is 5.15. The number of hydrogen-bond acceptors (Lipinski definition) is 4. The van der Waals surface area contributed by atoms with Gasteiger partial charge in [0.2, 0.25) is 5.91 Å². The van der Waals surface area contributed by atoms with Gasteiger partial charge in [-0.2, -0.15) is 5.10 Å². The Morgan fingerprint density at radius 3 is 2.67 bits per heavy atom. The molecule has 1 aromatic heterocycles. The Morgan fingerprint density at radius 2 is 1.90 bits per heavy atom. The van der Waals surface area contributed by atoms with Crippen LogP contribution < -0.4 is 5.32 Å². The summed E-state index contributed by atoms with van der Waals surface area (Å²) in [6.07, 6.45) is 4.83. The highest BCUT2D eigenvalue weighted by Crippen LogP contribution is 2.28. The third kappa shape index (κ3) is 4.24. The number of para-hydroxylation sites is 1. The fraction of sp³-hybridized carbons (Fsp3) is 0.583. The van der Waals surface area contributed by atoms with Crippen molar-refractivity contribution >= 4 is 11.6 Å². The number of amides is 1. The lowest BCUT2D eigenvalue weighted by Crippen LogP contribution is -2.43. The summed E-state index contributed by atoms with van der Waals surface area (Å²) in [5, 5.41) is 8.13. The second-order valence-electron chi connectivity index (χ2n) is 8.97. The van der Waals surface area contributed by atoms with Crippen LogP contribution >= 0.6 is 0 Å². The van der Waals surface area contributed by atoms with Crippen molar-refractivity contribution in [3.05, 3.63) is 46.8 Å². The number of aryl methyl sites for hydroxylation is 2. The smallest absolute Gasteiger partial charge is 0.223 e. The number of fused-ring (bicyclic) bond motifs is 3. The normalized spacial score (nSPS) is 22.3. The lowest BCUT2D eigenvalue weighted by Gasteiger charge is -2.31. The van der Waals surface area contributed by atoms with E-state index in [0.717, 1.165) is 43.0 Å². The summed E-state index contributed by atoms with van der Waals surface area (Å²) in [4.78, 5) is 18.0. The van der Waals surface area contributed by atoms with E-state index in [0.29, 0.717) is 25.0 Å². The average Bonchev–Trinajstić information content (AvgIpc) is 3.17. The minimum atomic E-state index is 0.239. The molecule has 2 aromatic rings. The van der Waals surface area contributed by atoms with Gasteiger partial charge in [0.1, 0.15) is 0 Å². The number of anilines is 1. The second-order valence-corrected chi connectivity index (χ2v) is 8.97. The molecule has 2 atom stereocenters. The number of benzene rings is 1. The van der Waals surface area contributed by atoms with Gasteiger partial charge in [0, 0.05) is 56.6 Å². The van der Waals surface area contributed by atoms with Crippen LogP contribution in [0.2, 0.25) is 0 Å². The molecular formula is C24H35N5O. The molecule has 1 fully saturated rings. The molecule has 0 radical (unpaired) electrons. The number of hydrogen-bond donors (Lipinski definition) is 1. The Bertz CT molecular complexity index is 905. The Morgan fingerprint density at radius 1 is 1.13 bits per heavy atom. The van der Waals surface area contributed by atoms with Gasteiger partial charge in [-0.1, -0.05) is 18.2 Å². The zero-order valence-electron chi connectivity index (χ0n) is 18.8. The number of nitrogens with zero attached hydrogens (tertiary/aromatic N) is 4. The van der Waals surface area contributed by atoms with Crippen molar-refractivity contribution in [1.29, 1.82) is 0 Å². The standard InChI is InChI=1S/C24H35N5O/c1-17-22(18(2)28(4)26-17)11-12-24(30)29-15-19-7-5-6-8-23(19)25-14-13-20-9-10-21(16-29)27(20)3/h5-8,20-21,25H,9-16H2,1-4H3/t20-,21+/m0/s1. The molecule has 6 heteroatoms. The van der Waals surface area contributed by atoms with Gasteiger partial charge in [-0.3, -0.25) is 14.4 Å². The van der Waals surface area contributed by atoms with Crippen LogP contribution in [0.15, 0.2) is 24.3 Å². The monoisotopic (exact) mass is 409 g/mol. The molecule has 1 amide bonds. The summed E-state index contributed by atoms with van der Waals surface area (Å²) in [6.45, 7) is 6.58. The van der Waals surface area contributed by atoms with E-state index >= 15 is 0 Å². The predicted octanol–water partition coefficient (Wildman–Crippen LogP) is 3.28. The predicted molar refractivity (Wildman–Crippen MR) is 121 cm³/mol. The molecule has 2 bridgehead atoms. The molecule has 2 aliphatic rings. The second kappa shape index (κ2) is 8.80. The van der Waals surface area contributed by atoms with Crippen molar-refractivity contribution in [3.8, 4) is 0 Å². The molecule has 1 saturated heterocycles. The summed E-state index contributed by atoms with van der Waals surface area (Å²) >= 11 is 0. The molecule has 1 N–H and O–H groups in total. The maximum absolute atomic E-state index is 13.4. The maximum atomic E-state index is 13.4. The molecule has 0 saturated carbocycles. The maximum Gasteiger partial charge on any atom is 0.223 e. The highest BCUT2D eigenvalue weighted by molar-refractivity contribution is 5.77. The molecule has 0 spiro atoms. The summed E-state index contributed by atoms with van der Waals surface area (Å²) < 4.78 is 1.91. The quantitative estimate of drug-likeness (QED) is 0.845. The van der Waals surface area contributed by atoms with E-state index in [1.807, 2.05) is 18.7 Å². The van der Waals surface area contributed by atoms with E-state index < -0.39 is 0 Å². The van der Waals surface area contributed by atoms with Gasteiger partial charge < -0.3 is 10.2 Å². The minimum Gasteiger partial charge on any atom is -0.385 e. The number of carbonyl (C=O) groups is 1. The molecule has 1 aromatic carbocycles. The fourth-order valence-corrected chi connectivity index (χ4v) is 5.15. The van der Waals surface area contributed by atoms with Gasteiger partial charge >= 0.3 is 0 Å². The number of likely N-dealkylation sites (N-methyl/N-ethyl adjacent to an activating group) is 1. The number of aromatic nitrogens is 2. The molecule has 3 heterocycles. The summed E-state index contributed by atoms with van der Waals surface area (Å²) in [5.41, 5.74) is 5.78. The number of carbonyl (C=O) groups excluding carboxylic acids is 1. The van der Waals surface area contributed by atoms with Crippen molar-refractivity contribution < 1.29 is 4.79 Å². The van der Waals surface area contributed by atoms with Gasteiger partial charge in [-0.05, 0) is 63.8 Å². The zero-order valence-corrected chi connectivity index (χ0v) is 18.8. The van der Waals surface area contributed by atoms with Gasteiger partial charge in [-0.15, -0.1) is 0 Å². The molecular weight excluding hydrogens is 374 g/mol. The molecule has 30 heavy (non-hydrogen) atoms. The van der Waals surface area contributed by atoms with Crippen LogP contribution in [0.5, 0.6) is 0 Å². The van der Waals surface area contributed by atoms with Crippen LogP contribution in [-0.2, 0) is 24.8 Å². The van der Waals surface area contributed by atoms with Crippen molar-refractivity contribution in [2.75, 3.05) is 25.5 Å². The Balaban J connectivity index is 1.55.